The van der Waals surface area contributed by atoms with Crippen molar-refractivity contribution in [2.75, 3.05) is 17.0 Å². The minimum Gasteiger partial charge on any atom is -0.356 e. The number of sulfonamides is 1. The molecule has 0 bridgehead atoms. The Bertz CT molecular complexity index is 633. The molecule has 1 aromatic carbocycles. The second-order valence-electron chi connectivity index (χ2n) is 5.55. The maximum atomic E-state index is 13.4. The second kappa shape index (κ2) is 7.53. The number of hydrogen-bond donors (Lipinski definition) is 2. The lowest BCUT2D eigenvalue weighted by atomic mass is 10.2. The summed E-state index contributed by atoms with van der Waals surface area (Å²) in [5, 5.41) is 2.63. The van der Waals surface area contributed by atoms with Crippen LogP contribution in [0.3, 0.4) is 0 Å². The van der Waals surface area contributed by atoms with Gasteiger partial charge in [0.25, 0.3) is 0 Å². The predicted octanol–water partition coefficient (Wildman–Crippen LogP) is 2.11. The molecule has 1 unspecified atom stereocenters. The van der Waals surface area contributed by atoms with E-state index < -0.39 is 39.2 Å². The fourth-order valence-electron chi connectivity index (χ4n) is 1.67. The number of amides is 1. The summed E-state index contributed by atoms with van der Waals surface area (Å²) in [6.45, 7) is 5.75. The molecule has 0 radical (unpaired) electrons. The smallest absolute Gasteiger partial charge is 0.233 e. The van der Waals surface area contributed by atoms with Gasteiger partial charge in [-0.05, 0) is 18.1 Å². The van der Waals surface area contributed by atoms with Crippen LogP contribution in [-0.2, 0) is 14.8 Å². The van der Waals surface area contributed by atoms with Crippen LogP contribution >= 0.6 is 0 Å². The second-order valence-corrected chi connectivity index (χ2v) is 7.31. The van der Waals surface area contributed by atoms with Crippen LogP contribution in [0.5, 0.6) is 0 Å². The molecule has 0 aliphatic heterocycles. The molecule has 5 nitrogen and oxygen atoms in total. The van der Waals surface area contributed by atoms with E-state index in [1.54, 1.807) is 0 Å². The largest absolute Gasteiger partial charge is 0.356 e. The van der Waals surface area contributed by atoms with Crippen LogP contribution in [-0.4, -0.2) is 26.6 Å². The Hall–Kier alpha value is -1.70. The van der Waals surface area contributed by atoms with E-state index >= 15 is 0 Å². The topological polar surface area (TPSA) is 75.3 Å². The third-order valence-corrected chi connectivity index (χ3v) is 4.27. The molecule has 0 aromatic heterocycles. The first-order valence-electron chi connectivity index (χ1n) is 6.84. The average Bonchev–Trinajstić information content (AvgIpc) is 2.38. The monoisotopic (exact) mass is 334 g/mol. The van der Waals surface area contributed by atoms with Crippen molar-refractivity contribution in [3.8, 4) is 0 Å². The van der Waals surface area contributed by atoms with Gasteiger partial charge in [-0.25, -0.2) is 17.2 Å². The molecule has 0 saturated heterocycles. The van der Waals surface area contributed by atoms with E-state index in [0.29, 0.717) is 12.6 Å². The van der Waals surface area contributed by atoms with Crippen molar-refractivity contribution in [1.29, 1.82) is 0 Å². The first-order valence-corrected chi connectivity index (χ1v) is 8.49. The summed E-state index contributed by atoms with van der Waals surface area (Å²) in [7, 11) is -3.93. The zero-order valence-corrected chi connectivity index (χ0v) is 13.5. The lowest BCUT2D eigenvalue weighted by molar-refractivity contribution is -0.124. The number of anilines is 1. The Morgan fingerprint density at radius 1 is 1.23 bits per heavy atom. The Morgan fingerprint density at radius 3 is 2.41 bits per heavy atom. The van der Waals surface area contributed by atoms with Crippen molar-refractivity contribution in [1.82, 2.24) is 5.32 Å². The zero-order chi connectivity index (χ0) is 16.9. The van der Waals surface area contributed by atoms with Gasteiger partial charge in [0, 0.05) is 12.6 Å². The molecule has 124 valence electrons. The minimum atomic E-state index is -3.93. The summed E-state index contributed by atoms with van der Waals surface area (Å²) in [5.74, 6) is -3.24. The first kappa shape index (κ1) is 18.3. The van der Waals surface area contributed by atoms with Crippen molar-refractivity contribution in [3.05, 3.63) is 29.8 Å². The van der Waals surface area contributed by atoms with E-state index in [1.165, 1.54) is 6.92 Å². The van der Waals surface area contributed by atoms with Gasteiger partial charge in [0.2, 0.25) is 15.9 Å². The van der Waals surface area contributed by atoms with Crippen molar-refractivity contribution < 1.29 is 22.0 Å². The van der Waals surface area contributed by atoms with E-state index in [1.807, 2.05) is 18.6 Å². The molecular formula is C14H20F2N2O3S. The quantitative estimate of drug-likeness (QED) is 0.802. The number of carbonyl (C=O) groups is 1. The van der Waals surface area contributed by atoms with Gasteiger partial charge in [-0.3, -0.25) is 9.52 Å². The molecule has 22 heavy (non-hydrogen) atoms. The highest BCUT2D eigenvalue weighted by molar-refractivity contribution is 7.92. The summed E-state index contributed by atoms with van der Waals surface area (Å²) >= 11 is 0. The molecule has 0 fully saturated rings. The van der Waals surface area contributed by atoms with Gasteiger partial charge in [-0.1, -0.05) is 20.8 Å². The summed E-state index contributed by atoms with van der Waals surface area (Å²) in [6, 6.07) is 2.52. The molecule has 0 saturated carbocycles. The van der Waals surface area contributed by atoms with E-state index in [-0.39, 0.29) is 11.6 Å². The van der Waals surface area contributed by atoms with Crippen LogP contribution in [0, 0.1) is 23.5 Å². The highest BCUT2D eigenvalue weighted by atomic mass is 32.2. The van der Waals surface area contributed by atoms with Gasteiger partial charge in [0.05, 0.1) is 17.4 Å². The molecule has 1 atom stereocenters. The highest BCUT2D eigenvalue weighted by Gasteiger charge is 2.22. The van der Waals surface area contributed by atoms with Gasteiger partial charge in [-0.2, -0.15) is 0 Å². The average molecular weight is 334 g/mol. The van der Waals surface area contributed by atoms with E-state index in [0.717, 1.165) is 12.1 Å². The van der Waals surface area contributed by atoms with Crippen LogP contribution in [0.25, 0.3) is 0 Å². The third-order valence-electron chi connectivity index (χ3n) is 2.80. The van der Waals surface area contributed by atoms with Gasteiger partial charge < -0.3 is 5.32 Å². The van der Waals surface area contributed by atoms with Gasteiger partial charge >= 0.3 is 0 Å². The maximum absolute atomic E-state index is 13.4. The molecule has 1 amide bonds. The first-order chi connectivity index (χ1) is 10.1. The lowest BCUT2D eigenvalue weighted by Crippen LogP contribution is -2.36. The standard InChI is InChI=1S/C14H20F2N2O3S/c1-9(2)7-17-14(19)10(3)8-22(20,21)18-13-5-4-11(15)6-12(13)16/h4-6,9-10,18H,7-8H2,1-3H3,(H,17,19). The molecule has 1 rings (SSSR count). The normalized spacial score (nSPS) is 13.0. The Morgan fingerprint density at radius 2 is 1.86 bits per heavy atom. The fourth-order valence-corrected chi connectivity index (χ4v) is 3.06. The predicted molar refractivity (Wildman–Crippen MR) is 80.8 cm³/mol. The number of nitrogens with one attached hydrogen (secondary N) is 2. The third kappa shape index (κ3) is 5.97. The van der Waals surface area contributed by atoms with Crippen LogP contribution in [0.1, 0.15) is 20.8 Å². The van der Waals surface area contributed by atoms with Crippen molar-refractivity contribution in [3.63, 3.8) is 0 Å². The highest BCUT2D eigenvalue weighted by Crippen LogP contribution is 2.17. The molecule has 0 heterocycles. The van der Waals surface area contributed by atoms with Crippen molar-refractivity contribution in [2.45, 2.75) is 20.8 Å². The number of benzene rings is 1. The van der Waals surface area contributed by atoms with Crippen molar-refractivity contribution >= 4 is 21.6 Å². The summed E-state index contributed by atoms with van der Waals surface area (Å²) in [5.41, 5.74) is -0.351. The summed E-state index contributed by atoms with van der Waals surface area (Å²) in [6.07, 6.45) is 0. The molecule has 0 aliphatic rings. The van der Waals surface area contributed by atoms with Crippen molar-refractivity contribution in [2.24, 2.45) is 11.8 Å². The molecular weight excluding hydrogens is 314 g/mol. The Balaban J connectivity index is 2.68. The summed E-state index contributed by atoms with van der Waals surface area (Å²) < 4.78 is 52.1. The maximum Gasteiger partial charge on any atom is 0.233 e. The Kier molecular flexibility index (Phi) is 6.28. The molecule has 0 spiro atoms. The lowest BCUT2D eigenvalue weighted by Gasteiger charge is -2.15. The molecule has 0 aliphatic carbocycles. The van der Waals surface area contributed by atoms with Crippen LogP contribution in [0.4, 0.5) is 14.5 Å². The van der Waals surface area contributed by atoms with Crippen LogP contribution in [0.15, 0.2) is 18.2 Å². The van der Waals surface area contributed by atoms with Gasteiger partial charge in [0.15, 0.2) is 0 Å². The molecule has 1 aromatic rings. The zero-order valence-electron chi connectivity index (χ0n) is 12.7. The minimum absolute atomic E-state index is 0.249. The fraction of sp³-hybridized carbons (Fsp3) is 0.500. The van der Waals surface area contributed by atoms with Gasteiger partial charge in [0.1, 0.15) is 11.6 Å². The van der Waals surface area contributed by atoms with Crippen LogP contribution in [0.2, 0.25) is 0 Å². The van der Waals surface area contributed by atoms with E-state index in [2.05, 4.69) is 5.32 Å². The SMILES string of the molecule is CC(C)CNC(=O)C(C)CS(=O)(=O)Nc1ccc(F)cc1F. The number of hydrogen-bond acceptors (Lipinski definition) is 3. The number of halogens is 2. The Labute approximate surface area is 129 Å². The number of carbonyl (C=O) groups excluding carboxylic acids is 1. The summed E-state index contributed by atoms with van der Waals surface area (Å²) in [4.78, 5) is 11.8. The van der Waals surface area contributed by atoms with Gasteiger partial charge in [-0.15, -0.1) is 0 Å². The van der Waals surface area contributed by atoms with Crippen LogP contribution < -0.4 is 10.0 Å². The molecule has 8 heteroatoms. The number of rotatable bonds is 7. The van der Waals surface area contributed by atoms with E-state index in [9.17, 15) is 22.0 Å². The molecule has 2 N–H and O–H groups in total. The van der Waals surface area contributed by atoms with E-state index in [4.69, 9.17) is 0 Å².